The average molecular weight is 263 g/mol. The molecule has 98 valence electrons. The zero-order valence-corrected chi connectivity index (χ0v) is 9.86. The van der Waals surface area contributed by atoms with E-state index in [1.165, 1.54) is 24.3 Å². The van der Waals surface area contributed by atoms with Gasteiger partial charge in [-0.05, 0) is 35.9 Å². The highest BCUT2D eigenvalue weighted by atomic mass is 19.1. The monoisotopic (exact) mass is 263 g/mol. The van der Waals surface area contributed by atoms with Crippen LogP contribution in [0.1, 0.15) is 15.9 Å². The first-order valence-corrected chi connectivity index (χ1v) is 5.57. The molecule has 0 atom stereocenters. The molecule has 2 aromatic carbocycles. The van der Waals surface area contributed by atoms with Gasteiger partial charge in [0.05, 0.1) is 5.56 Å². The van der Waals surface area contributed by atoms with Crippen LogP contribution in [0, 0.1) is 11.6 Å². The lowest BCUT2D eigenvalue weighted by molar-refractivity contribution is 0.0696. The number of rotatable bonds is 4. The molecule has 2 rings (SSSR count). The molecule has 0 amide bonds. The van der Waals surface area contributed by atoms with Crippen molar-refractivity contribution in [2.75, 3.05) is 5.32 Å². The second-order valence-corrected chi connectivity index (χ2v) is 4.01. The van der Waals surface area contributed by atoms with Crippen LogP contribution in [-0.2, 0) is 6.54 Å². The smallest absolute Gasteiger partial charge is 0.335 e. The van der Waals surface area contributed by atoms with Gasteiger partial charge in [-0.1, -0.05) is 12.1 Å². The summed E-state index contributed by atoms with van der Waals surface area (Å²) in [5.74, 6) is -2.14. The number of hydrogen-bond donors (Lipinski definition) is 2. The fourth-order valence-corrected chi connectivity index (χ4v) is 1.62. The van der Waals surface area contributed by atoms with Crippen LogP contribution in [0.4, 0.5) is 14.5 Å². The summed E-state index contributed by atoms with van der Waals surface area (Å²) in [6, 6.07) is 9.34. The topological polar surface area (TPSA) is 49.3 Å². The van der Waals surface area contributed by atoms with Gasteiger partial charge in [-0.2, -0.15) is 0 Å². The van der Waals surface area contributed by atoms with Crippen LogP contribution >= 0.6 is 0 Å². The Morgan fingerprint density at radius 2 is 1.74 bits per heavy atom. The van der Waals surface area contributed by atoms with Crippen molar-refractivity contribution in [3.8, 4) is 0 Å². The number of hydrogen-bond acceptors (Lipinski definition) is 2. The van der Waals surface area contributed by atoms with Crippen molar-refractivity contribution in [1.82, 2.24) is 0 Å². The standard InChI is InChI=1S/C14H11F2NO2/c15-11-3-1-9(2-4-11)8-17-13-6-10(14(18)19)5-12(16)7-13/h1-7,17H,8H2,(H,18,19). The maximum atomic E-state index is 13.2. The molecule has 0 aliphatic rings. The van der Waals surface area contributed by atoms with Gasteiger partial charge in [0, 0.05) is 12.2 Å². The molecule has 0 heterocycles. The number of halogens is 2. The highest BCUT2D eigenvalue weighted by Crippen LogP contribution is 2.15. The van der Waals surface area contributed by atoms with Gasteiger partial charge in [0.15, 0.2) is 0 Å². The summed E-state index contributed by atoms with van der Waals surface area (Å²) in [5, 5.41) is 11.7. The molecule has 0 aromatic heterocycles. The molecular formula is C14H11F2NO2. The van der Waals surface area contributed by atoms with Gasteiger partial charge in [0.25, 0.3) is 0 Å². The molecule has 0 fully saturated rings. The summed E-state index contributed by atoms with van der Waals surface area (Å²) < 4.78 is 25.9. The predicted molar refractivity (Wildman–Crippen MR) is 67.1 cm³/mol. The Kier molecular flexibility index (Phi) is 3.75. The molecule has 19 heavy (non-hydrogen) atoms. The van der Waals surface area contributed by atoms with Gasteiger partial charge in [-0.25, -0.2) is 13.6 Å². The van der Waals surface area contributed by atoms with Gasteiger partial charge >= 0.3 is 5.97 Å². The molecule has 0 aliphatic carbocycles. The van der Waals surface area contributed by atoms with E-state index in [4.69, 9.17) is 5.11 Å². The molecule has 0 saturated heterocycles. The fourth-order valence-electron chi connectivity index (χ4n) is 1.62. The lowest BCUT2D eigenvalue weighted by atomic mass is 10.1. The summed E-state index contributed by atoms with van der Waals surface area (Å²) in [6.45, 7) is 0.350. The van der Waals surface area contributed by atoms with Crippen molar-refractivity contribution in [3.05, 3.63) is 65.2 Å². The summed E-state index contributed by atoms with van der Waals surface area (Å²) in [6.07, 6.45) is 0. The molecular weight excluding hydrogens is 252 g/mol. The van der Waals surface area contributed by atoms with Gasteiger partial charge in [0.2, 0.25) is 0 Å². The van der Waals surface area contributed by atoms with Crippen LogP contribution in [-0.4, -0.2) is 11.1 Å². The lowest BCUT2D eigenvalue weighted by Crippen LogP contribution is -2.03. The van der Waals surface area contributed by atoms with Gasteiger partial charge < -0.3 is 10.4 Å². The first kappa shape index (κ1) is 13.0. The Bertz CT molecular complexity index is 597. The normalized spacial score (nSPS) is 10.2. The van der Waals surface area contributed by atoms with E-state index in [-0.39, 0.29) is 11.4 Å². The minimum absolute atomic E-state index is 0.124. The number of anilines is 1. The first-order chi connectivity index (χ1) is 9.04. The molecule has 0 spiro atoms. The van der Waals surface area contributed by atoms with E-state index in [0.717, 1.165) is 11.6 Å². The number of carbonyl (C=O) groups is 1. The van der Waals surface area contributed by atoms with E-state index in [1.54, 1.807) is 12.1 Å². The Labute approximate surface area is 108 Å². The number of carboxylic acids is 1. The van der Waals surface area contributed by atoms with Crippen LogP contribution in [0.3, 0.4) is 0 Å². The minimum atomic E-state index is -1.19. The van der Waals surface area contributed by atoms with E-state index in [2.05, 4.69) is 5.32 Å². The summed E-state index contributed by atoms with van der Waals surface area (Å²) in [7, 11) is 0. The Balaban J connectivity index is 2.11. The Morgan fingerprint density at radius 3 is 2.37 bits per heavy atom. The Morgan fingerprint density at radius 1 is 1.05 bits per heavy atom. The minimum Gasteiger partial charge on any atom is -0.478 e. The molecule has 0 saturated carbocycles. The highest BCUT2D eigenvalue weighted by molar-refractivity contribution is 5.88. The molecule has 2 aromatic rings. The summed E-state index contributed by atoms with van der Waals surface area (Å²) in [5.41, 5.74) is 1.05. The predicted octanol–water partition coefficient (Wildman–Crippen LogP) is 3.28. The number of carboxylic acid groups (broad SMARTS) is 1. The number of nitrogens with one attached hydrogen (secondary N) is 1. The van der Waals surface area contributed by atoms with Crippen molar-refractivity contribution in [2.24, 2.45) is 0 Å². The quantitative estimate of drug-likeness (QED) is 0.890. The van der Waals surface area contributed by atoms with Crippen LogP contribution < -0.4 is 5.32 Å². The molecule has 0 unspecified atom stereocenters. The molecule has 5 heteroatoms. The van der Waals surface area contributed by atoms with E-state index >= 15 is 0 Å². The lowest BCUT2D eigenvalue weighted by Gasteiger charge is -2.08. The second-order valence-electron chi connectivity index (χ2n) is 4.01. The SMILES string of the molecule is O=C(O)c1cc(F)cc(NCc2ccc(F)cc2)c1. The van der Waals surface area contributed by atoms with Crippen LogP contribution in [0.15, 0.2) is 42.5 Å². The molecule has 0 bridgehead atoms. The van der Waals surface area contributed by atoms with Gasteiger partial charge in [-0.15, -0.1) is 0 Å². The summed E-state index contributed by atoms with van der Waals surface area (Å²) in [4.78, 5) is 10.8. The van der Waals surface area contributed by atoms with Gasteiger partial charge in [-0.3, -0.25) is 0 Å². The van der Waals surface area contributed by atoms with Crippen molar-refractivity contribution < 1.29 is 18.7 Å². The molecule has 2 N–H and O–H groups in total. The van der Waals surface area contributed by atoms with Crippen LogP contribution in [0.25, 0.3) is 0 Å². The average Bonchev–Trinajstić information content (AvgIpc) is 2.37. The molecule has 0 aliphatic heterocycles. The third-order valence-electron chi connectivity index (χ3n) is 2.55. The van der Waals surface area contributed by atoms with Gasteiger partial charge in [0.1, 0.15) is 11.6 Å². The largest absolute Gasteiger partial charge is 0.478 e. The van der Waals surface area contributed by atoms with E-state index in [1.807, 2.05) is 0 Å². The summed E-state index contributed by atoms with van der Waals surface area (Å²) >= 11 is 0. The van der Waals surface area contributed by atoms with E-state index in [0.29, 0.717) is 12.2 Å². The second kappa shape index (κ2) is 5.48. The molecule has 3 nitrogen and oxygen atoms in total. The third-order valence-corrected chi connectivity index (χ3v) is 2.55. The molecule has 0 radical (unpaired) electrons. The van der Waals surface area contributed by atoms with Crippen molar-refractivity contribution in [3.63, 3.8) is 0 Å². The maximum absolute atomic E-state index is 13.2. The zero-order valence-electron chi connectivity index (χ0n) is 9.86. The van der Waals surface area contributed by atoms with Crippen molar-refractivity contribution in [1.29, 1.82) is 0 Å². The zero-order chi connectivity index (χ0) is 13.8. The number of aromatic carboxylic acids is 1. The first-order valence-electron chi connectivity index (χ1n) is 5.57. The van der Waals surface area contributed by atoms with Crippen LogP contribution in [0.5, 0.6) is 0 Å². The third kappa shape index (κ3) is 3.51. The van der Waals surface area contributed by atoms with Crippen LogP contribution in [0.2, 0.25) is 0 Å². The fraction of sp³-hybridized carbons (Fsp3) is 0.0714. The van der Waals surface area contributed by atoms with Crippen molar-refractivity contribution >= 4 is 11.7 Å². The van der Waals surface area contributed by atoms with Crippen molar-refractivity contribution in [2.45, 2.75) is 6.54 Å². The maximum Gasteiger partial charge on any atom is 0.335 e. The highest BCUT2D eigenvalue weighted by Gasteiger charge is 2.06. The number of benzene rings is 2. The van der Waals surface area contributed by atoms with E-state index in [9.17, 15) is 13.6 Å². The van der Waals surface area contributed by atoms with E-state index < -0.39 is 11.8 Å². The Hall–Kier alpha value is -2.43.